The predicted molar refractivity (Wildman–Crippen MR) is 112 cm³/mol. The Labute approximate surface area is 173 Å². The van der Waals surface area contributed by atoms with Gasteiger partial charge in [0.25, 0.3) is 0 Å². The number of nitrogens with zero attached hydrogens (tertiary/aromatic N) is 7. The van der Waals surface area contributed by atoms with E-state index in [0.29, 0.717) is 46.8 Å². The zero-order valence-corrected chi connectivity index (χ0v) is 16.5. The van der Waals surface area contributed by atoms with E-state index in [9.17, 15) is 5.26 Å². The van der Waals surface area contributed by atoms with Crippen molar-refractivity contribution in [3.05, 3.63) is 53.6 Å². The molecular formula is C21H20N8O. The number of anilines is 1. The van der Waals surface area contributed by atoms with Gasteiger partial charge in [-0.3, -0.25) is 4.99 Å². The molecule has 0 spiro atoms. The number of aromatic nitrogens is 4. The summed E-state index contributed by atoms with van der Waals surface area (Å²) >= 11 is 0. The molecule has 0 fully saturated rings. The number of nitriles is 1. The molecular weight excluding hydrogens is 380 g/mol. The van der Waals surface area contributed by atoms with Crippen molar-refractivity contribution in [1.29, 1.82) is 5.26 Å². The van der Waals surface area contributed by atoms with Crippen LogP contribution in [0.15, 0.2) is 41.7 Å². The van der Waals surface area contributed by atoms with Gasteiger partial charge in [-0.2, -0.15) is 10.2 Å². The van der Waals surface area contributed by atoms with Gasteiger partial charge in [-0.15, -0.1) is 0 Å². The molecule has 1 aliphatic heterocycles. The van der Waals surface area contributed by atoms with Crippen molar-refractivity contribution in [2.24, 2.45) is 10.7 Å². The van der Waals surface area contributed by atoms with E-state index in [1.165, 1.54) is 0 Å². The molecule has 0 saturated heterocycles. The first-order chi connectivity index (χ1) is 14.7. The molecule has 2 aromatic heterocycles. The van der Waals surface area contributed by atoms with Gasteiger partial charge in [0.2, 0.25) is 5.88 Å². The van der Waals surface area contributed by atoms with Gasteiger partial charge in [0.15, 0.2) is 5.82 Å². The number of benzene rings is 1. The van der Waals surface area contributed by atoms with Gasteiger partial charge in [0.1, 0.15) is 17.4 Å². The Morgan fingerprint density at radius 2 is 2.03 bits per heavy atom. The number of aryl methyl sites for hydroxylation is 1. The standard InChI is InChI=1S/C21H20N8O/c1-14-27-19(29-6-2-5-24-13-29)8-20(28-14)30-18-7-15(9-22)3-4-17(18)21-25-11-16(10-23)12-26-21/h3-4,7-8,11-13H,2,5-6,10,23H2,1H3. The summed E-state index contributed by atoms with van der Waals surface area (Å²) in [5.41, 5.74) is 7.57. The molecule has 0 radical (unpaired) electrons. The maximum atomic E-state index is 9.32. The molecule has 9 heteroatoms. The van der Waals surface area contributed by atoms with Gasteiger partial charge >= 0.3 is 0 Å². The van der Waals surface area contributed by atoms with E-state index < -0.39 is 0 Å². The summed E-state index contributed by atoms with van der Waals surface area (Å²) in [6.45, 7) is 3.81. The molecule has 3 heterocycles. The lowest BCUT2D eigenvalue weighted by Crippen LogP contribution is -2.27. The minimum absolute atomic E-state index is 0.361. The fourth-order valence-corrected chi connectivity index (χ4v) is 3.02. The van der Waals surface area contributed by atoms with Crippen LogP contribution in [0.2, 0.25) is 0 Å². The van der Waals surface area contributed by atoms with Crippen LogP contribution in [0.4, 0.5) is 5.82 Å². The molecule has 0 aliphatic carbocycles. The highest BCUT2D eigenvalue weighted by Gasteiger charge is 2.16. The number of hydrogen-bond acceptors (Lipinski definition) is 9. The molecule has 9 nitrogen and oxygen atoms in total. The molecule has 0 amide bonds. The average molecular weight is 400 g/mol. The molecule has 1 aromatic carbocycles. The lowest BCUT2D eigenvalue weighted by atomic mass is 10.1. The fraction of sp³-hybridized carbons (Fsp3) is 0.238. The average Bonchev–Trinajstić information content (AvgIpc) is 2.79. The lowest BCUT2D eigenvalue weighted by molar-refractivity contribution is 0.461. The van der Waals surface area contributed by atoms with Gasteiger partial charge in [0, 0.05) is 43.7 Å². The fourth-order valence-electron chi connectivity index (χ4n) is 3.02. The molecule has 0 unspecified atom stereocenters. The van der Waals surface area contributed by atoms with Crippen LogP contribution in [-0.2, 0) is 6.54 Å². The van der Waals surface area contributed by atoms with Gasteiger partial charge < -0.3 is 15.4 Å². The minimum Gasteiger partial charge on any atom is -0.438 e. The molecule has 150 valence electrons. The van der Waals surface area contributed by atoms with Crippen molar-refractivity contribution >= 4 is 12.2 Å². The third-order valence-electron chi connectivity index (χ3n) is 4.51. The van der Waals surface area contributed by atoms with Crippen molar-refractivity contribution in [2.45, 2.75) is 19.9 Å². The van der Waals surface area contributed by atoms with Gasteiger partial charge in [-0.25, -0.2) is 15.0 Å². The van der Waals surface area contributed by atoms with E-state index in [1.54, 1.807) is 49.9 Å². The Hall–Kier alpha value is -3.90. The van der Waals surface area contributed by atoms with Crippen molar-refractivity contribution in [3.8, 4) is 29.1 Å². The highest BCUT2D eigenvalue weighted by molar-refractivity contribution is 5.78. The first-order valence-electron chi connectivity index (χ1n) is 9.52. The first kappa shape index (κ1) is 19.4. The largest absolute Gasteiger partial charge is 0.438 e. The Kier molecular flexibility index (Phi) is 5.59. The lowest BCUT2D eigenvalue weighted by Gasteiger charge is -2.22. The Morgan fingerprint density at radius 1 is 1.20 bits per heavy atom. The summed E-state index contributed by atoms with van der Waals surface area (Å²) in [4.78, 5) is 23.9. The highest BCUT2D eigenvalue weighted by atomic mass is 16.5. The zero-order chi connectivity index (χ0) is 20.9. The van der Waals surface area contributed by atoms with Crippen LogP contribution in [0.5, 0.6) is 11.6 Å². The summed E-state index contributed by atoms with van der Waals surface area (Å²) in [5, 5.41) is 9.32. The second kappa shape index (κ2) is 8.63. The third kappa shape index (κ3) is 4.24. The molecule has 0 saturated carbocycles. The molecule has 30 heavy (non-hydrogen) atoms. The first-order valence-corrected chi connectivity index (χ1v) is 9.52. The summed E-state index contributed by atoms with van der Waals surface area (Å²) in [5.74, 6) is 2.56. The topological polar surface area (TPSA) is 126 Å². The number of hydrogen-bond donors (Lipinski definition) is 1. The normalized spacial score (nSPS) is 13.2. The van der Waals surface area contributed by atoms with Crippen LogP contribution in [0, 0.1) is 18.3 Å². The summed E-state index contributed by atoms with van der Waals surface area (Å²) in [7, 11) is 0. The highest BCUT2D eigenvalue weighted by Crippen LogP contribution is 2.32. The quantitative estimate of drug-likeness (QED) is 0.692. The molecule has 0 atom stereocenters. The number of rotatable bonds is 5. The van der Waals surface area contributed by atoms with Crippen LogP contribution in [0.1, 0.15) is 23.4 Å². The van der Waals surface area contributed by atoms with Gasteiger partial charge in [-0.1, -0.05) is 0 Å². The van der Waals surface area contributed by atoms with Gasteiger partial charge in [-0.05, 0) is 31.5 Å². The maximum absolute atomic E-state index is 9.32. The number of ether oxygens (including phenoxy) is 1. The van der Waals surface area contributed by atoms with Crippen LogP contribution >= 0.6 is 0 Å². The monoisotopic (exact) mass is 400 g/mol. The van der Waals surface area contributed by atoms with E-state index in [1.807, 2.05) is 4.90 Å². The second-order valence-electron chi connectivity index (χ2n) is 6.72. The van der Waals surface area contributed by atoms with E-state index in [-0.39, 0.29) is 0 Å². The summed E-state index contributed by atoms with van der Waals surface area (Å²) < 4.78 is 6.10. The van der Waals surface area contributed by atoms with Crippen LogP contribution < -0.4 is 15.4 Å². The van der Waals surface area contributed by atoms with E-state index in [2.05, 4.69) is 31.0 Å². The van der Waals surface area contributed by atoms with Crippen LogP contribution in [0.3, 0.4) is 0 Å². The maximum Gasteiger partial charge on any atom is 0.224 e. The zero-order valence-electron chi connectivity index (χ0n) is 16.5. The van der Waals surface area contributed by atoms with Crippen molar-refractivity contribution < 1.29 is 4.74 Å². The van der Waals surface area contributed by atoms with E-state index >= 15 is 0 Å². The smallest absolute Gasteiger partial charge is 0.224 e. The Bertz CT molecular complexity index is 1120. The molecule has 2 N–H and O–H groups in total. The van der Waals surface area contributed by atoms with Crippen molar-refractivity contribution in [2.75, 3.05) is 18.0 Å². The van der Waals surface area contributed by atoms with Gasteiger partial charge in [0.05, 0.1) is 23.5 Å². The second-order valence-corrected chi connectivity index (χ2v) is 6.72. The molecule has 0 bridgehead atoms. The molecule has 4 rings (SSSR count). The van der Waals surface area contributed by atoms with Crippen molar-refractivity contribution in [3.63, 3.8) is 0 Å². The Morgan fingerprint density at radius 3 is 2.73 bits per heavy atom. The molecule has 1 aliphatic rings. The number of nitrogens with two attached hydrogens (primary N) is 1. The summed E-state index contributed by atoms with van der Waals surface area (Å²) in [6, 6.07) is 8.99. The third-order valence-corrected chi connectivity index (χ3v) is 4.51. The van der Waals surface area contributed by atoms with E-state index in [0.717, 1.165) is 25.1 Å². The predicted octanol–water partition coefficient (Wildman–Crippen LogP) is 2.60. The van der Waals surface area contributed by atoms with Crippen molar-refractivity contribution in [1.82, 2.24) is 19.9 Å². The molecule has 3 aromatic rings. The van der Waals surface area contributed by atoms with Crippen LogP contribution in [-0.4, -0.2) is 39.4 Å². The summed E-state index contributed by atoms with van der Waals surface area (Å²) in [6.07, 6.45) is 6.09. The Balaban J connectivity index is 1.71. The number of aliphatic imine (C=N–C) groups is 1. The van der Waals surface area contributed by atoms with E-state index in [4.69, 9.17) is 10.5 Å². The minimum atomic E-state index is 0.361. The van der Waals surface area contributed by atoms with Crippen LogP contribution in [0.25, 0.3) is 11.4 Å². The SMILES string of the molecule is Cc1nc(Oc2cc(C#N)ccc2-c2ncc(CN)cn2)cc(N2C=NCCC2)n1.